The molecule has 0 saturated heterocycles. The first-order chi connectivity index (χ1) is 13.2. The van der Waals surface area contributed by atoms with E-state index in [1.807, 2.05) is 6.92 Å². The van der Waals surface area contributed by atoms with E-state index in [0.29, 0.717) is 11.2 Å². The number of benzene rings is 1. The molecule has 1 saturated carbocycles. The quantitative estimate of drug-likeness (QED) is 0.660. The molecule has 9 nitrogen and oxygen atoms in total. The molecule has 146 valence electrons. The minimum atomic E-state index is -3.77. The summed E-state index contributed by atoms with van der Waals surface area (Å²) in [5, 5.41) is 0.148. The van der Waals surface area contributed by atoms with E-state index in [2.05, 4.69) is 14.7 Å². The first-order valence-electron chi connectivity index (χ1n) is 8.73. The van der Waals surface area contributed by atoms with Crippen molar-refractivity contribution in [3.63, 3.8) is 0 Å². The van der Waals surface area contributed by atoms with Gasteiger partial charge in [-0.3, -0.25) is 23.9 Å². The van der Waals surface area contributed by atoms with Gasteiger partial charge < -0.3 is 0 Å². The normalized spacial score (nSPS) is 15.6. The third-order valence-electron chi connectivity index (χ3n) is 4.94. The Labute approximate surface area is 160 Å². The Bertz CT molecular complexity index is 1290. The van der Waals surface area contributed by atoms with Gasteiger partial charge in [0.15, 0.2) is 0 Å². The van der Waals surface area contributed by atoms with Crippen molar-refractivity contribution < 1.29 is 8.42 Å². The Kier molecular flexibility index (Phi) is 4.20. The lowest BCUT2D eigenvalue weighted by Crippen LogP contribution is -2.39. The van der Waals surface area contributed by atoms with Gasteiger partial charge in [0.05, 0.1) is 34.2 Å². The summed E-state index contributed by atoms with van der Waals surface area (Å²) < 4.78 is 30.3. The van der Waals surface area contributed by atoms with Gasteiger partial charge in [-0.05, 0) is 38.0 Å². The molecule has 1 N–H and O–H groups in total. The van der Waals surface area contributed by atoms with Crippen LogP contribution < -0.4 is 16.0 Å². The zero-order valence-electron chi connectivity index (χ0n) is 15.4. The maximum Gasteiger partial charge on any atom is 0.331 e. The van der Waals surface area contributed by atoms with E-state index in [9.17, 15) is 18.0 Å². The maximum atomic E-state index is 12.7. The molecular formula is C18H19N5O4S. The molecule has 1 aliphatic carbocycles. The molecular weight excluding hydrogens is 382 g/mol. The molecule has 2 heterocycles. The molecule has 0 radical (unpaired) electrons. The highest BCUT2D eigenvalue weighted by atomic mass is 32.2. The molecule has 28 heavy (non-hydrogen) atoms. The van der Waals surface area contributed by atoms with Crippen molar-refractivity contribution in [1.82, 2.24) is 23.8 Å². The van der Waals surface area contributed by atoms with Crippen molar-refractivity contribution >= 4 is 20.9 Å². The molecule has 2 aromatic heterocycles. The number of rotatable bonds is 5. The van der Waals surface area contributed by atoms with E-state index >= 15 is 0 Å². The van der Waals surface area contributed by atoms with Gasteiger partial charge in [-0.2, -0.15) is 0 Å². The van der Waals surface area contributed by atoms with E-state index in [1.165, 1.54) is 48.4 Å². The van der Waals surface area contributed by atoms with Crippen LogP contribution in [0, 0.1) is 0 Å². The molecule has 1 fully saturated rings. The Morgan fingerprint density at radius 3 is 2.61 bits per heavy atom. The summed E-state index contributed by atoms with van der Waals surface area (Å²) in [7, 11) is -2.40. The van der Waals surface area contributed by atoms with Crippen LogP contribution in [0.4, 0.5) is 0 Å². The molecule has 3 aromatic rings. The van der Waals surface area contributed by atoms with Crippen LogP contribution in [0.25, 0.3) is 10.9 Å². The Hall–Kier alpha value is -2.85. The van der Waals surface area contributed by atoms with Gasteiger partial charge in [0.2, 0.25) is 10.0 Å². The average Bonchev–Trinajstić information content (AvgIpc) is 3.39. The smallest absolute Gasteiger partial charge is 0.287 e. The van der Waals surface area contributed by atoms with Crippen molar-refractivity contribution in [2.75, 3.05) is 0 Å². The zero-order chi connectivity index (χ0) is 20.1. The third-order valence-corrected chi connectivity index (χ3v) is 6.58. The van der Waals surface area contributed by atoms with E-state index < -0.39 is 26.8 Å². The molecule has 1 aliphatic rings. The Morgan fingerprint density at radius 2 is 1.96 bits per heavy atom. The highest BCUT2D eigenvalue weighted by Gasteiger charge is 2.41. The second-order valence-corrected chi connectivity index (χ2v) is 8.96. The van der Waals surface area contributed by atoms with Crippen molar-refractivity contribution in [3.05, 3.63) is 63.3 Å². The predicted molar refractivity (Wildman–Crippen MR) is 103 cm³/mol. The number of nitrogens with zero attached hydrogens (tertiary/aromatic N) is 4. The molecule has 0 spiro atoms. The minimum Gasteiger partial charge on any atom is -0.287 e. The fraction of sp³-hybridized carbons (Fsp3) is 0.333. The summed E-state index contributed by atoms with van der Waals surface area (Å²) in [5.41, 5.74) is -0.601. The van der Waals surface area contributed by atoms with Gasteiger partial charge in [0, 0.05) is 25.0 Å². The van der Waals surface area contributed by atoms with Gasteiger partial charge in [-0.1, -0.05) is 0 Å². The van der Waals surface area contributed by atoms with Crippen molar-refractivity contribution in [3.8, 4) is 0 Å². The minimum absolute atomic E-state index is 0.00470. The van der Waals surface area contributed by atoms with E-state index in [0.717, 1.165) is 17.4 Å². The molecule has 0 bridgehead atoms. The summed E-state index contributed by atoms with van der Waals surface area (Å²) in [6, 6.07) is 4.21. The SMILES string of the molecule is Cn1c(=O)c2cc(S(=O)(=O)NC3(C)CC3)ccc2n(Cc2cnccn2)c1=O. The van der Waals surface area contributed by atoms with Crippen molar-refractivity contribution in [2.45, 2.75) is 36.7 Å². The second-order valence-electron chi connectivity index (χ2n) is 7.27. The van der Waals surface area contributed by atoms with Crippen LogP contribution in [-0.4, -0.2) is 33.1 Å². The first kappa shape index (κ1) is 18.5. The number of aromatic nitrogens is 4. The summed E-state index contributed by atoms with van der Waals surface area (Å²) in [5.74, 6) is 0. The largest absolute Gasteiger partial charge is 0.331 e. The number of hydrogen-bond acceptors (Lipinski definition) is 6. The lowest BCUT2D eigenvalue weighted by Gasteiger charge is -2.15. The lowest BCUT2D eigenvalue weighted by molar-refractivity contribution is 0.558. The topological polar surface area (TPSA) is 116 Å². The number of nitrogens with one attached hydrogen (secondary N) is 1. The van der Waals surface area contributed by atoms with E-state index in [-0.39, 0.29) is 16.8 Å². The fourth-order valence-corrected chi connectivity index (χ4v) is 4.53. The molecule has 0 unspecified atom stereocenters. The predicted octanol–water partition coefficient (Wildman–Crippen LogP) is 0.369. The number of hydrogen-bond donors (Lipinski definition) is 1. The third kappa shape index (κ3) is 3.25. The van der Waals surface area contributed by atoms with Crippen molar-refractivity contribution in [2.24, 2.45) is 7.05 Å². The fourth-order valence-electron chi connectivity index (χ4n) is 3.04. The summed E-state index contributed by atoms with van der Waals surface area (Å²) in [6.45, 7) is 1.95. The summed E-state index contributed by atoms with van der Waals surface area (Å²) in [4.78, 5) is 33.4. The molecule has 1 aromatic carbocycles. The second kappa shape index (κ2) is 6.35. The van der Waals surface area contributed by atoms with Crippen LogP contribution in [0.3, 0.4) is 0 Å². The first-order valence-corrected chi connectivity index (χ1v) is 10.2. The molecule has 0 aliphatic heterocycles. The summed E-state index contributed by atoms with van der Waals surface area (Å²) >= 11 is 0. The van der Waals surface area contributed by atoms with Crippen LogP contribution in [0.15, 0.2) is 51.3 Å². The molecule has 0 amide bonds. The van der Waals surface area contributed by atoms with Gasteiger partial charge in [0.1, 0.15) is 0 Å². The Balaban J connectivity index is 1.88. The van der Waals surface area contributed by atoms with Gasteiger partial charge in [-0.25, -0.2) is 17.9 Å². The summed E-state index contributed by atoms with van der Waals surface area (Å²) in [6.07, 6.45) is 6.12. The molecule has 0 atom stereocenters. The van der Waals surface area contributed by atoms with E-state index in [4.69, 9.17) is 0 Å². The van der Waals surface area contributed by atoms with Crippen LogP contribution >= 0.6 is 0 Å². The van der Waals surface area contributed by atoms with Crippen LogP contribution in [0.5, 0.6) is 0 Å². The van der Waals surface area contributed by atoms with Crippen molar-refractivity contribution in [1.29, 1.82) is 0 Å². The zero-order valence-corrected chi connectivity index (χ0v) is 16.2. The van der Waals surface area contributed by atoms with E-state index in [1.54, 1.807) is 0 Å². The van der Waals surface area contributed by atoms with Crippen LogP contribution in [0.2, 0.25) is 0 Å². The van der Waals surface area contributed by atoms with Gasteiger partial charge in [-0.15, -0.1) is 0 Å². The van der Waals surface area contributed by atoms with Crippen LogP contribution in [-0.2, 0) is 23.6 Å². The maximum absolute atomic E-state index is 12.7. The lowest BCUT2D eigenvalue weighted by atomic mass is 10.2. The molecule has 10 heteroatoms. The highest BCUT2D eigenvalue weighted by molar-refractivity contribution is 7.89. The highest BCUT2D eigenvalue weighted by Crippen LogP contribution is 2.36. The standard InChI is InChI=1S/C18H19N5O4S/c1-18(5-6-18)21-28(26,27)13-3-4-15-14(9-13)16(24)22(2)17(25)23(15)11-12-10-19-7-8-20-12/h3-4,7-10,21H,5-6,11H2,1-2H3. The van der Waals surface area contributed by atoms with Crippen LogP contribution in [0.1, 0.15) is 25.5 Å². The average molecular weight is 401 g/mol. The number of fused-ring (bicyclic) bond motifs is 1. The Morgan fingerprint density at radius 1 is 1.21 bits per heavy atom. The monoisotopic (exact) mass is 401 g/mol. The molecule has 4 rings (SSSR count). The number of sulfonamides is 1. The van der Waals surface area contributed by atoms with Gasteiger partial charge in [0.25, 0.3) is 5.56 Å². The van der Waals surface area contributed by atoms with Gasteiger partial charge >= 0.3 is 5.69 Å².